The fourth-order valence-electron chi connectivity index (χ4n) is 2.95. The molecule has 0 bridgehead atoms. The van der Waals surface area contributed by atoms with E-state index in [1.54, 1.807) is 24.3 Å². The second-order valence-corrected chi connectivity index (χ2v) is 6.92. The van der Waals surface area contributed by atoms with E-state index in [-0.39, 0.29) is 24.8 Å². The fraction of sp³-hybridized carbons (Fsp3) is 0.500. The number of hydrogen-bond donors (Lipinski definition) is 3. The average Bonchev–Trinajstić information content (AvgIpc) is 2.60. The van der Waals surface area contributed by atoms with Gasteiger partial charge in [0.2, 0.25) is 11.8 Å². The molecule has 2 rings (SSSR count). The lowest BCUT2D eigenvalue weighted by atomic mass is 9.80. The van der Waals surface area contributed by atoms with Crippen molar-refractivity contribution >= 4 is 29.4 Å². The molecule has 0 aromatic heterocycles. The molecule has 1 saturated heterocycles. The highest BCUT2D eigenvalue weighted by atomic mass is 35.5. The summed E-state index contributed by atoms with van der Waals surface area (Å²) in [5, 5.41) is 15.5. The maximum Gasteiger partial charge on any atom is 0.311 e. The Morgan fingerprint density at radius 3 is 2.38 bits per heavy atom. The molecule has 2 amide bonds. The number of rotatable bonds is 7. The first-order valence-electron chi connectivity index (χ1n) is 8.43. The predicted octanol–water partition coefficient (Wildman–Crippen LogP) is 1.90. The Morgan fingerprint density at radius 2 is 1.85 bits per heavy atom. The number of carbonyl (C=O) groups excluding carboxylic acids is 2. The van der Waals surface area contributed by atoms with Gasteiger partial charge in [0.1, 0.15) is 0 Å². The molecule has 8 heteroatoms. The Balaban J connectivity index is 2.01. The molecule has 142 valence electrons. The smallest absolute Gasteiger partial charge is 0.311 e. The van der Waals surface area contributed by atoms with Crippen LogP contribution in [0, 0.1) is 5.41 Å². The molecular formula is C18H23ClN2O5. The van der Waals surface area contributed by atoms with E-state index in [9.17, 15) is 19.5 Å². The summed E-state index contributed by atoms with van der Waals surface area (Å²) in [7, 11) is 0. The summed E-state index contributed by atoms with van der Waals surface area (Å²) >= 11 is 5.88. The second-order valence-electron chi connectivity index (χ2n) is 6.48. The summed E-state index contributed by atoms with van der Waals surface area (Å²) in [5.74, 6) is -1.52. The van der Waals surface area contributed by atoms with E-state index in [0.717, 1.165) is 5.56 Å². The van der Waals surface area contributed by atoms with Crippen LogP contribution in [0.5, 0.6) is 0 Å². The molecule has 1 aromatic rings. The Morgan fingerprint density at radius 1 is 1.23 bits per heavy atom. The van der Waals surface area contributed by atoms with E-state index in [1.807, 2.05) is 0 Å². The number of amides is 2. The van der Waals surface area contributed by atoms with Gasteiger partial charge in [-0.25, -0.2) is 0 Å². The third-order valence-corrected chi connectivity index (χ3v) is 4.82. The van der Waals surface area contributed by atoms with E-state index in [1.165, 1.54) is 6.92 Å². The SMILES string of the molecule is CC(=O)NC(CC(=O)NCC1(C(=O)O)CCOCC1)c1ccc(Cl)cc1. The van der Waals surface area contributed by atoms with Gasteiger partial charge in [0.25, 0.3) is 0 Å². The largest absolute Gasteiger partial charge is 0.481 e. The normalized spacial score (nSPS) is 17.2. The molecule has 0 saturated carbocycles. The summed E-state index contributed by atoms with van der Waals surface area (Å²) in [4.78, 5) is 35.5. The van der Waals surface area contributed by atoms with Crippen LogP contribution in [0.25, 0.3) is 0 Å². The van der Waals surface area contributed by atoms with Gasteiger partial charge in [-0.3, -0.25) is 14.4 Å². The van der Waals surface area contributed by atoms with E-state index >= 15 is 0 Å². The van der Waals surface area contributed by atoms with Gasteiger partial charge < -0.3 is 20.5 Å². The molecular weight excluding hydrogens is 360 g/mol. The maximum atomic E-state index is 12.4. The molecule has 1 aromatic carbocycles. The molecule has 0 radical (unpaired) electrons. The van der Waals surface area contributed by atoms with Gasteiger partial charge in [0.15, 0.2) is 0 Å². The highest BCUT2D eigenvalue weighted by Gasteiger charge is 2.40. The summed E-state index contributed by atoms with van der Waals surface area (Å²) in [6.45, 7) is 2.14. The van der Waals surface area contributed by atoms with Crippen LogP contribution >= 0.6 is 11.6 Å². The Kier molecular flexibility index (Phi) is 6.99. The minimum absolute atomic E-state index is 0.00735. The summed E-state index contributed by atoms with van der Waals surface area (Å²) < 4.78 is 5.22. The van der Waals surface area contributed by atoms with E-state index < -0.39 is 17.4 Å². The zero-order chi connectivity index (χ0) is 19.2. The number of carbonyl (C=O) groups is 3. The number of halogens is 1. The van der Waals surface area contributed by atoms with Crippen molar-refractivity contribution in [3.63, 3.8) is 0 Å². The van der Waals surface area contributed by atoms with Crippen LogP contribution in [0.15, 0.2) is 24.3 Å². The van der Waals surface area contributed by atoms with Crippen molar-refractivity contribution in [2.75, 3.05) is 19.8 Å². The third kappa shape index (κ3) is 5.44. The Hall–Kier alpha value is -2.12. The average molecular weight is 383 g/mol. The topological polar surface area (TPSA) is 105 Å². The molecule has 26 heavy (non-hydrogen) atoms. The van der Waals surface area contributed by atoms with Gasteiger partial charge in [-0.05, 0) is 30.5 Å². The van der Waals surface area contributed by atoms with Gasteiger partial charge in [-0.15, -0.1) is 0 Å². The quantitative estimate of drug-likeness (QED) is 0.668. The van der Waals surface area contributed by atoms with Gasteiger partial charge >= 0.3 is 5.97 Å². The summed E-state index contributed by atoms with van der Waals surface area (Å²) in [6.07, 6.45) is 0.719. The number of carboxylic acid groups (broad SMARTS) is 1. The number of benzene rings is 1. The molecule has 1 fully saturated rings. The number of nitrogens with one attached hydrogen (secondary N) is 2. The first-order valence-corrected chi connectivity index (χ1v) is 8.81. The maximum absolute atomic E-state index is 12.4. The Bertz CT molecular complexity index is 656. The highest BCUT2D eigenvalue weighted by Crippen LogP contribution is 2.30. The molecule has 1 atom stereocenters. The zero-order valence-electron chi connectivity index (χ0n) is 14.6. The van der Waals surface area contributed by atoms with Crippen LogP contribution < -0.4 is 10.6 Å². The minimum atomic E-state index is -1.00. The highest BCUT2D eigenvalue weighted by molar-refractivity contribution is 6.30. The van der Waals surface area contributed by atoms with Crippen LogP contribution in [-0.2, 0) is 19.1 Å². The number of hydrogen-bond acceptors (Lipinski definition) is 4. The predicted molar refractivity (Wildman–Crippen MR) is 95.8 cm³/mol. The standard InChI is InChI=1S/C18H23ClN2O5/c1-12(22)21-15(13-2-4-14(19)5-3-13)10-16(23)20-11-18(17(24)25)6-8-26-9-7-18/h2-5,15H,6-11H2,1H3,(H,20,23)(H,21,22)(H,24,25). The van der Waals surface area contributed by atoms with E-state index in [0.29, 0.717) is 31.1 Å². The van der Waals surface area contributed by atoms with Crippen molar-refractivity contribution in [3.05, 3.63) is 34.9 Å². The van der Waals surface area contributed by atoms with Crippen LogP contribution in [-0.4, -0.2) is 42.6 Å². The zero-order valence-corrected chi connectivity index (χ0v) is 15.3. The van der Waals surface area contributed by atoms with E-state index in [4.69, 9.17) is 16.3 Å². The molecule has 1 heterocycles. The number of ether oxygens (including phenoxy) is 1. The van der Waals surface area contributed by atoms with E-state index in [2.05, 4.69) is 10.6 Å². The van der Waals surface area contributed by atoms with Gasteiger partial charge in [0.05, 0.1) is 17.9 Å². The summed E-state index contributed by atoms with van der Waals surface area (Å²) in [6, 6.07) is 6.34. The lowest BCUT2D eigenvalue weighted by Crippen LogP contribution is -2.47. The first-order chi connectivity index (χ1) is 12.3. The molecule has 0 aliphatic carbocycles. The molecule has 1 unspecified atom stereocenters. The Labute approximate surface area is 157 Å². The van der Waals surface area contributed by atoms with Crippen LogP contribution in [0.2, 0.25) is 5.02 Å². The lowest BCUT2D eigenvalue weighted by molar-refractivity contribution is -0.154. The van der Waals surface area contributed by atoms with Crippen molar-refractivity contribution in [2.45, 2.75) is 32.2 Å². The summed E-state index contributed by atoms with van der Waals surface area (Å²) in [5.41, 5.74) is -0.253. The minimum Gasteiger partial charge on any atom is -0.481 e. The van der Waals surface area contributed by atoms with Crippen molar-refractivity contribution in [2.24, 2.45) is 5.41 Å². The van der Waals surface area contributed by atoms with Crippen LogP contribution in [0.3, 0.4) is 0 Å². The van der Waals surface area contributed by atoms with Crippen molar-refractivity contribution < 1.29 is 24.2 Å². The lowest BCUT2D eigenvalue weighted by Gasteiger charge is -2.33. The molecule has 0 spiro atoms. The number of aliphatic carboxylic acids is 1. The van der Waals surface area contributed by atoms with Crippen molar-refractivity contribution in [3.8, 4) is 0 Å². The van der Waals surface area contributed by atoms with Crippen molar-refractivity contribution in [1.82, 2.24) is 10.6 Å². The molecule has 3 N–H and O–H groups in total. The molecule has 7 nitrogen and oxygen atoms in total. The van der Waals surface area contributed by atoms with Crippen LogP contribution in [0.4, 0.5) is 0 Å². The van der Waals surface area contributed by atoms with Crippen LogP contribution in [0.1, 0.15) is 37.8 Å². The first kappa shape index (κ1) is 20.2. The van der Waals surface area contributed by atoms with Gasteiger partial charge in [-0.1, -0.05) is 23.7 Å². The fourth-order valence-corrected chi connectivity index (χ4v) is 3.07. The van der Waals surface area contributed by atoms with Crippen molar-refractivity contribution in [1.29, 1.82) is 0 Å². The van der Waals surface area contributed by atoms with Gasteiger partial charge in [-0.2, -0.15) is 0 Å². The molecule has 1 aliphatic rings. The number of carboxylic acids is 1. The monoisotopic (exact) mass is 382 g/mol. The van der Waals surface area contributed by atoms with Gasteiger partial charge in [0, 0.05) is 31.7 Å². The third-order valence-electron chi connectivity index (χ3n) is 4.57. The second kappa shape index (κ2) is 9.00. The molecule has 1 aliphatic heterocycles.